The van der Waals surface area contributed by atoms with Crippen LogP contribution in [0.2, 0.25) is 0 Å². The molecular formula is C27H33N3O3S. The third kappa shape index (κ3) is 4.34. The minimum Gasteiger partial charge on any atom is -0.497 e. The SMILES string of the molecule is CCOCCCNC(=O)N1Cc2c(sc3c2CCCC3)-n2cccc2[C@H]1c1ccc(OC)cc1. The molecule has 3 aromatic rings. The van der Waals surface area contributed by atoms with E-state index in [0.717, 1.165) is 36.3 Å². The molecule has 180 valence electrons. The minimum absolute atomic E-state index is 0.0336. The summed E-state index contributed by atoms with van der Waals surface area (Å²) in [6, 6.07) is 12.1. The van der Waals surface area contributed by atoms with Crippen molar-refractivity contribution in [3.05, 3.63) is 69.9 Å². The number of rotatable bonds is 7. The minimum atomic E-state index is -0.188. The lowest BCUT2D eigenvalue weighted by molar-refractivity contribution is 0.143. The zero-order chi connectivity index (χ0) is 23.5. The number of nitrogens with zero attached hydrogens (tertiary/aromatic N) is 2. The van der Waals surface area contributed by atoms with Crippen molar-refractivity contribution in [3.63, 3.8) is 0 Å². The largest absolute Gasteiger partial charge is 0.497 e. The summed E-state index contributed by atoms with van der Waals surface area (Å²) in [6.45, 7) is 4.55. The number of nitrogens with one attached hydrogen (secondary N) is 1. The molecule has 1 aliphatic carbocycles. The Kier molecular flexibility index (Phi) is 6.92. The van der Waals surface area contributed by atoms with Crippen LogP contribution in [0.15, 0.2) is 42.6 Å². The van der Waals surface area contributed by atoms with E-state index in [9.17, 15) is 4.79 Å². The molecule has 1 N–H and O–H groups in total. The number of carbonyl (C=O) groups is 1. The molecule has 7 heteroatoms. The lowest BCUT2D eigenvalue weighted by Gasteiger charge is -2.31. The summed E-state index contributed by atoms with van der Waals surface area (Å²) < 4.78 is 13.2. The molecule has 3 heterocycles. The topological polar surface area (TPSA) is 55.7 Å². The Bertz CT molecular complexity index is 1130. The van der Waals surface area contributed by atoms with E-state index >= 15 is 0 Å². The van der Waals surface area contributed by atoms with Crippen LogP contribution in [0.4, 0.5) is 4.79 Å². The molecule has 2 aliphatic rings. The number of methoxy groups -OCH3 is 1. The van der Waals surface area contributed by atoms with Gasteiger partial charge in [-0.2, -0.15) is 0 Å². The third-order valence-electron chi connectivity index (χ3n) is 6.82. The van der Waals surface area contributed by atoms with E-state index in [2.05, 4.69) is 40.3 Å². The van der Waals surface area contributed by atoms with Crippen LogP contribution >= 0.6 is 11.3 Å². The van der Waals surface area contributed by atoms with Gasteiger partial charge in [0.1, 0.15) is 10.8 Å². The highest BCUT2D eigenvalue weighted by Crippen LogP contribution is 2.44. The average Bonchev–Trinajstić information content (AvgIpc) is 3.46. The summed E-state index contributed by atoms with van der Waals surface area (Å²) in [5.74, 6) is 0.813. The van der Waals surface area contributed by atoms with Crippen LogP contribution in [-0.4, -0.2) is 42.4 Å². The number of hydrogen-bond donors (Lipinski definition) is 1. The van der Waals surface area contributed by atoms with Crippen LogP contribution in [-0.2, 0) is 24.1 Å². The predicted octanol–water partition coefficient (Wildman–Crippen LogP) is 5.47. The van der Waals surface area contributed by atoms with Gasteiger partial charge in [0.05, 0.1) is 25.4 Å². The smallest absolute Gasteiger partial charge is 0.318 e. The van der Waals surface area contributed by atoms with Crippen molar-refractivity contribution in [2.75, 3.05) is 26.9 Å². The number of fused-ring (bicyclic) bond motifs is 5. The van der Waals surface area contributed by atoms with Crippen LogP contribution in [0.5, 0.6) is 5.75 Å². The van der Waals surface area contributed by atoms with E-state index < -0.39 is 0 Å². The van der Waals surface area contributed by atoms with Crippen LogP contribution in [0.1, 0.15) is 59.5 Å². The van der Waals surface area contributed by atoms with Crippen molar-refractivity contribution in [2.45, 2.75) is 51.6 Å². The Labute approximate surface area is 205 Å². The van der Waals surface area contributed by atoms with Crippen LogP contribution in [0.25, 0.3) is 5.00 Å². The average molecular weight is 480 g/mol. The molecule has 0 fully saturated rings. The van der Waals surface area contributed by atoms with Gasteiger partial charge in [-0.15, -0.1) is 11.3 Å². The van der Waals surface area contributed by atoms with Crippen LogP contribution in [0.3, 0.4) is 0 Å². The highest BCUT2D eigenvalue weighted by Gasteiger charge is 2.35. The molecule has 1 aliphatic heterocycles. The second kappa shape index (κ2) is 10.2. The predicted molar refractivity (Wildman–Crippen MR) is 135 cm³/mol. The number of benzene rings is 1. The Morgan fingerprint density at radius 1 is 1.15 bits per heavy atom. The van der Waals surface area contributed by atoms with E-state index in [1.165, 1.54) is 33.8 Å². The van der Waals surface area contributed by atoms with E-state index in [-0.39, 0.29) is 12.1 Å². The summed E-state index contributed by atoms with van der Waals surface area (Å²) >= 11 is 1.91. The van der Waals surface area contributed by atoms with Crippen molar-refractivity contribution in [1.29, 1.82) is 0 Å². The van der Waals surface area contributed by atoms with Crippen LogP contribution < -0.4 is 10.1 Å². The van der Waals surface area contributed by atoms with Gasteiger partial charge >= 0.3 is 6.03 Å². The van der Waals surface area contributed by atoms with Crippen molar-refractivity contribution in [2.24, 2.45) is 0 Å². The highest BCUT2D eigenvalue weighted by molar-refractivity contribution is 7.15. The zero-order valence-corrected chi connectivity index (χ0v) is 20.8. The first-order chi connectivity index (χ1) is 16.7. The number of thiophene rings is 1. The van der Waals surface area contributed by atoms with Gasteiger partial charge in [-0.25, -0.2) is 4.79 Å². The summed E-state index contributed by atoms with van der Waals surface area (Å²) in [4.78, 5) is 17.2. The summed E-state index contributed by atoms with van der Waals surface area (Å²) in [6.07, 6.45) is 7.68. The second-order valence-corrected chi connectivity index (χ2v) is 9.97. The van der Waals surface area contributed by atoms with Gasteiger partial charge in [0.2, 0.25) is 0 Å². The van der Waals surface area contributed by atoms with Crippen LogP contribution in [0, 0.1) is 0 Å². The Morgan fingerprint density at radius 2 is 1.97 bits per heavy atom. The van der Waals surface area contributed by atoms with Crippen molar-refractivity contribution < 1.29 is 14.3 Å². The number of hydrogen-bond acceptors (Lipinski definition) is 4. The molecule has 0 radical (unpaired) electrons. The maximum absolute atomic E-state index is 13.7. The Hall–Kier alpha value is -2.77. The molecule has 0 unspecified atom stereocenters. The normalized spacial score (nSPS) is 16.9. The number of carbonyl (C=O) groups excluding carboxylic acids is 1. The molecule has 2 amide bonds. The highest BCUT2D eigenvalue weighted by atomic mass is 32.1. The molecule has 34 heavy (non-hydrogen) atoms. The fourth-order valence-corrected chi connectivity index (χ4v) is 6.54. The van der Waals surface area contributed by atoms with E-state index in [1.54, 1.807) is 7.11 Å². The second-order valence-electron chi connectivity index (χ2n) is 8.88. The fourth-order valence-electron chi connectivity index (χ4n) is 5.14. The number of urea groups is 1. The molecule has 0 saturated carbocycles. The van der Waals surface area contributed by atoms with Gasteiger partial charge in [-0.1, -0.05) is 12.1 Å². The first-order valence-corrected chi connectivity index (χ1v) is 13.1. The molecule has 1 aromatic carbocycles. The molecular weight excluding hydrogens is 446 g/mol. The van der Waals surface area contributed by atoms with E-state index in [4.69, 9.17) is 9.47 Å². The summed E-state index contributed by atoms with van der Waals surface area (Å²) in [7, 11) is 1.68. The van der Waals surface area contributed by atoms with Crippen molar-refractivity contribution >= 4 is 17.4 Å². The summed E-state index contributed by atoms with van der Waals surface area (Å²) in [5.41, 5.74) is 4.98. The number of aromatic nitrogens is 1. The lowest BCUT2D eigenvalue weighted by Crippen LogP contribution is -2.42. The van der Waals surface area contributed by atoms with Gasteiger partial charge in [-0.05, 0) is 74.4 Å². The number of aryl methyl sites for hydroxylation is 1. The first kappa shape index (κ1) is 23.0. The molecule has 0 bridgehead atoms. The quantitative estimate of drug-likeness (QED) is 0.458. The molecule has 2 aromatic heterocycles. The van der Waals surface area contributed by atoms with Gasteiger partial charge in [-0.3, -0.25) is 0 Å². The third-order valence-corrected chi connectivity index (χ3v) is 8.15. The maximum Gasteiger partial charge on any atom is 0.318 e. The monoisotopic (exact) mass is 479 g/mol. The van der Waals surface area contributed by atoms with Gasteiger partial charge in [0.25, 0.3) is 0 Å². The zero-order valence-electron chi connectivity index (χ0n) is 20.0. The van der Waals surface area contributed by atoms with Crippen molar-refractivity contribution in [1.82, 2.24) is 14.8 Å². The van der Waals surface area contributed by atoms with Gasteiger partial charge < -0.3 is 24.3 Å². The molecule has 0 saturated heterocycles. The fraction of sp³-hybridized carbons (Fsp3) is 0.444. The molecule has 0 spiro atoms. The van der Waals surface area contributed by atoms with E-state index in [0.29, 0.717) is 26.3 Å². The van der Waals surface area contributed by atoms with Gasteiger partial charge in [0.15, 0.2) is 0 Å². The molecule has 1 atom stereocenters. The maximum atomic E-state index is 13.7. The molecule has 5 rings (SSSR count). The Morgan fingerprint density at radius 3 is 2.76 bits per heavy atom. The molecule has 6 nitrogen and oxygen atoms in total. The van der Waals surface area contributed by atoms with Gasteiger partial charge in [0, 0.05) is 36.4 Å². The lowest BCUT2D eigenvalue weighted by atomic mass is 9.95. The first-order valence-electron chi connectivity index (χ1n) is 12.3. The summed E-state index contributed by atoms with van der Waals surface area (Å²) in [5, 5.41) is 4.44. The van der Waals surface area contributed by atoms with Crippen molar-refractivity contribution in [3.8, 4) is 10.8 Å². The number of amides is 2. The Balaban J connectivity index is 1.54. The van der Waals surface area contributed by atoms with E-state index in [1.807, 2.05) is 35.3 Å². The number of ether oxygens (including phenoxy) is 2. The standard InChI is InChI=1S/C27H33N3O3S/c1-3-33-17-7-15-28-27(31)30-18-22-21-8-4-5-10-24(21)34-26(22)29-16-6-9-23(29)25(30)19-11-13-20(32-2)14-12-19/h6,9,11-14,16,25H,3-5,7-8,10,15,17-18H2,1-2H3,(H,28,31)/t25-/m1/s1.